The summed E-state index contributed by atoms with van der Waals surface area (Å²) >= 11 is 0. The number of carbonyl (C=O) groups is 2. The Kier molecular flexibility index (Phi) is 6.67. The Bertz CT molecular complexity index is 898. The number of esters is 1. The number of amides is 1. The van der Waals surface area contributed by atoms with Gasteiger partial charge in [-0.15, -0.1) is 0 Å². The zero-order chi connectivity index (χ0) is 20.8. The molecule has 0 bridgehead atoms. The predicted molar refractivity (Wildman–Crippen MR) is 116 cm³/mol. The van der Waals surface area contributed by atoms with Crippen LogP contribution in [0.1, 0.15) is 21.5 Å². The number of methoxy groups -OCH3 is 1. The highest BCUT2D eigenvalue weighted by molar-refractivity contribution is 6.02. The Morgan fingerprint density at radius 3 is 2.34 bits per heavy atom. The van der Waals surface area contributed by atoms with E-state index in [1.54, 1.807) is 30.3 Å². The standard InChI is InChI=1S/C23H27N3O3/c1-17-16-20(9-10-21(17)26-14-12-25(2)13-15-26)24-22(27)11-6-18-4-7-19(8-5-18)23(28)29-3/h4-11,16H,12-15H2,1-3H3,(H,24,27)/b11-6+. The lowest BCUT2D eigenvalue weighted by molar-refractivity contribution is -0.111. The molecule has 6 nitrogen and oxygen atoms in total. The normalized spacial score (nSPS) is 14.8. The smallest absolute Gasteiger partial charge is 0.337 e. The van der Waals surface area contributed by atoms with Gasteiger partial charge in [-0.1, -0.05) is 12.1 Å². The second-order valence-electron chi connectivity index (χ2n) is 7.23. The first-order chi connectivity index (χ1) is 14.0. The number of nitrogens with zero attached hydrogens (tertiary/aromatic N) is 2. The molecular formula is C23H27N3O3. The van der Waals surface area contributed by atoms with Crippen LogP contribution in [-0.4, -0.2) is 57.1 Å². The molecule has 1 heterocycles. The molecule has 1 saturated heterocycles. The summed E-state index contributed by atoms with van der Waals surface area (Å²) < 4.78 is 4.68. The van der Waals surface area contributed by atoms with Gasteiger partial charge in [0.15, 0.2) is 0 Å². The van der Waals surface area contributed by atoms with Gasteiger partial charge >= 0.3 is 5.97 Å². The molecule has 0 radical (unpaired) electrons. The molecule has 6 heteroatoms. The summed E-state index contributed by atoms with van der Waals surface area (Å²) in [5.74, 6) is -0.581. The zero-order valence-electron chi connectivity index (χ0n) is 17.1. The quantitative estimate of drug-likeness (QED) is 0.624. The van der Waals surface area contributed by atoms with E-state index in [9.17, 15) is 9.59 Å². The molecule has 0 atom stereocenters. The van der Waals surface area contributed by atoms with Crippen molar-refractivity contribution >= 4 is 29.3 Å². The van der Waals surface area contributed by atoms with Gasteiger partial charge in [0, 0.05) is 43.6 Å². The van der Waals surface area contributed by atoms with E-state index in [1.165, 1.54) is 18.9 Å². The SMILES string of the molecule is COC(=O)c1ccc(/C=C/C(=O)Nc2ccc(N3CCN(C)CC3)c(C)c2)cc1. The lowest BCUT2D eigenvalue weighted by atomic mass is 10.1. The van der Waals surface area contributed by atoms with Crippen molar-refractivity contribution in [2.45, 2.75) is 6.92 Å². The van der Waals surface area contributed by atoms with E-state index in [1.807, 2.05) is 12.1 Å². The van der Waals surface area contributed by atoms with E-state index in [2.05, 4.69) is 39.9 Å². The van der Waals surface area contributed by atoms with Crippen molar-refractivity contribution in [3.63, 3.8) is 0 Å². The van der Waals surface area contributed by atoms with Gasteiger partial charge in [-0.05, 0) is 61.5 Å². The first kappa shape index (κ1) is 20.6. The Balaban J connectivity index is 1.59. The molecular weight excluding hydrogens is 366 g/mol. The minimum Gasteiger partial charge on any atom is -0.465 e. The summed E-state index contributed by atoms with van der Waals surface area (Å²) in [6, 6.07) is 12.9. The first-order valence-electron chi connectivity index (χ1n) is 9.68. The highest BCUT2D eigenvalue weighted by Crippen LogP contribution is 2.24. The number of ether oxygens (including phenoxy) is 1. The van der Waals surface area contributed by atoms with E-state index < -0.39 is 0 Å². The third kappa shape index (κ3) is 5.45. The lowest BCUT2D eigenvalue weighted by Gasteiger charge is -2.35. The van der Waals surface area contributed by atoms with Crippen LogP contribution in [0.4, 0.5) is 11.4 Å². The maximum absolute atomic E-state index is 12.3. The van der Waals surface area contributed by atoms with E-state index >= 15 is 0 Å². The number of nitrogens with one attached hydrogen (secondary N) is 1. The average molecular weight is 393 g/mol. The van der Waals surface area contributed by atoms with Crippen LogP contribution in [0.15, 0.2) is 48.5 Å². The van der Waals surface area contributed by atoms with Gasteiger partial charge in [-0.25, -0.2) is 4.79 Å². The van der Waals surface area contributed by atoms with Gasteiger partial charge in [0.1, 0.15) is 0 Å². The second-order valence-corrected chi connectivity index (χ2v) is 7.23. The van der Waals surface area contributed by atoms with Crippen molar-refractivity contribution in [3.05, 3.63) is 65.2 Å². The van der Waals surface area contributed by atoms with E-state index in [0.717, 1.165) is 43.0 Å². The van der Waals surface area contributed by atoms with Crippen LogP contribution in [0.5, 0.6) is 0 Å². The van der Waals surface area contributed by atoms with Crippen LogP contribution >= 0.6 is 0 Å². The Morgan fingerprint density at radius 1 is 1.03 bits per heavy atom. The van der Waals surface area contributed by atoms with Gasteiger partial charge in [0.25, 0.3) is 0 Å². The molecule has 1 fully saturated rings. The molecule has 152 valence electrons. The molecule has 0 spiro atoms. The summed E-state index contributed by atoms with van der Waals surface area (Å²) in [6.07, 6.45) is 3.19. The summed E-state index contributed by atoms with van der Waals surface area (Å²) in [6.45, 7) is 6.22. The minimum atomic E-state index is -0.381. The molecule has 1 amide bonds. The minimum absolute atomic E-state index is 0.200. The third-order valence-electron chi connectivity index (χ3n) is 5.07. The average Bonchev–Trinajstić information content (AvgIpc) is 2.73. The summed E-state index contributed by atoms with van der Waals surface area (Å²) in [5, 5.41) is 2.90. The molecule has 29 heavy (non-hydrogen) atoms. The Morgan fingerprint density at radius 2 is 1.72 bits per heavy atom. The van der Waals surface area contributed by atoms with E-state index in [-0.39, 0.29) is 11.9 Å². The van der Waals surface area contributed by atoms with Crippen LogP contribution in [0, 0.1) is 6.92 Å². The maximum atomic E-state index is 12.3. The number of likely N-dealkylation sites (N-methyl/N-ethyl adjacent to an activating group) is 1. The van der Waals surface area contributed by atoms with Crippen molar-refractivity contribution in [2.24, 2.45) is 0 Å². The maximum Gasteiger partial charge on any atom is 0.337 e. The molecule has 1 N–H and O–H groups in total. The van der Waals surface area contributed by atoms with Gasteiger partial charge in [-0.3, -0.25) is 4.79 Å². The number of anilines is 2. The molecule has 2 aromatic rings. The van der Waals surface area contributed by atoms with Crippen LogP contribution in [0.25, 0.3) is 6.08 Å². The van der Waals surface area contributed by atoms with Gasteiger partial charge < -0.3 is 19.9 Å². The zero-order valence-corrected chi connectivity index (χ0v) is 17.1. The fraction of sp³-hybridized carbons (Fsp3) is 0.304. The van der Waals surface area contributed by atoms with Crippen LogP contribution < -0.4 is 10.2 Å². The topological polar surface area (TPSA) is 61.9 Å². The summed E-state index contributed by atoms with van der Waals surface area (Å²) in [7, 11) is 3.49. The number of carbonyl (C=O) groups excluding carboxylic acids is 2. The number of hydrogen-bond donors (Lipinski definition) is 1. The van der Waals surface area contributed by atoms with Crippen LogP contribution in [0.2, 0.25) is 0 Å². The number of rotatable bonds is 5. The fourth-order valence-corrected chi connectivity index (χ4v) is 3.34. The second kappa shape index (κ2) is 9.39. The number of aryl methyl sites for hydroxylation is 1. The van der Waals surface area contributed by atoms with Crippen molar-refractivity contribution in [1.82, 2.24) is 4.90 Å². The number of benzene rings is 2. The van der Waals surface area contributed by atoms with Gasteiger partial charge in [-0.2, -0.15) is 0 Å². The molecule has 0 aliphatic carbocycles. The highest BCUT2D eigenvalue weighted by atomic mass is 16.5. The fourth-order valence-electron chi connectivity index (χ4n) is 3.34. The van der Waals surface area contributed by atoms with Crippen LogP contribution in [0.3, 0.4) is 0 Å². The molecule has 3 rings (SSSR count). The van der Waals surface area contributed by atoms with Crippen molar-refractivity contribution in [3.8, 4) is 0 Å². The highest BCUT2D eigenvalue weighted by Gasteiger charge is 2.16. The van der Waals surface area contributed by atoms with Crippen LogP contribution in [-0.2, 0) is 9.53 Å². The third-order valence-corrected chi connectivity index (χ3v) is 5.07. The first-order valence-corrected chi connectivity index (χ1v) is 9.68. The molecule has 1 aliphatic heterocycles. The van der Waals surface area contributed by atoms with Gasteiger partial charge in [0.2, 0.25) is 5.91 Å². The van der Waals surface area contributed by atoms with Crippen molar-refractivity contribution < 1.29 is 14.3 Å². The molecule has 1 aliphatic rings. The van der Waals surface area contributed by atoms with Gasteiger partial charge in [0.05, 0.1) is 12.7 Å². The molecule has 0 saturated carbocycles. The summed E-state index contributed by atoms with van der Waals surface area (Å²) in [5.41, 5.74) is 4.45. The number of hydrogen-bond acceptors (Lipinski definition) is 5. The molecule has 0 unspecified atom stereocenters. The van der Waals surface area contributed by atoms with E-state index in [4.69, 9.17) is 0 Å². The Hall–Kier alpha value is -3.12. The predicted octanol–water partition coefficient (Wildman–Crippen LogP) is 3.19. The Labute approximate surface area is 171 Å². The number of piperazine rings is 1. The van der Waals surface area contributed by atoms with E-state index in [0.29, 0.717) is 5.56 Å². The lowest BCUT2D eigenvalue weighted by Crippen LogP contribution is -2.44. The summed E-state index contributed by atoms with van der Waals surface area (Å²) in [4.78, 5) is 28.4. The van der Waals surface area contributed by atoms with Crippen molar-refractivity contribution in [2.75, 3.05) is 50.6 Å². The van der Waals surface area contributed by atoms with Crippen molar-refractivity contribution in [1.29, 1.82) is 0 Å². The molecule has 0 aromatic heterocycles. The largest absolute Gasteiger partial charge is 0.465 e. The monoisotopic (exact) mass is 393 g/mol. The molecule has 2 aromatic carbocycles.